The standard InChI is InChI=1S/C24H22N2O5/c1-17(22(27)28)31-21-14-12-18(13-15-21)16-25-26-23(29)24(30,19-8-4-2-5-9-19)20-10-6-3-7-11-20/h2-17,30H,1H3,(H,26,29)(H,27,28)/b25-16-/t17-/m1/s1. The Morgan fingerprint density at radius 2 is 1.45 bits per heavy atom. The lowest BCUT2D eigenvalue weighted by Gasteiger charge is -2.27. The summed E-state index contributed by atoms with van der Waals surface area (Å²) in [6.45, 7) is 1.44. The maximum Gasteiger partial charge on any atom is 0.344 e. The van der Waals surface area contributed by atoms with E-state index in [1.807, 2.05) is 0 Å². The Balaban J connectivity index is 1.74. The minimum Gasteiger partial charge on any atom is -0.479 e. The Labute approximate surface area is 179 Å². The highest BCUT2D eigenvalue weighted by Crippen LogP contribution is 2.29. The van der Waals surface area contributed by atoms with Gasteiger partial charge in [-0.05, 0) is 47.9 Å². The van der Waals surface area contributed by atoms with Crippen molar-refractivity contribution in [3.63, 3.8) is 0 Å². The molecule has 0 aliphatic rings. The van der Waals surface area contributed by atoms with Crippen LogP contribution in [-0.4, -0.2) is 34.4 Å². The zero-order chi connectivity index (χ0) is 22.3. The molecular weight excluding hydrogens is 396 g/mol. The number of ether oxygens (including phenoxy) is 1. The van der Waals surface area contributed by atoms with Crippen LogP contribution in [0.25, 0.3) is 0 Å². The maximum atomic E-state index is 12.9. The Bertz CT molecular complexity index is 1010. The van der Waals surface area contributed by atoms with Gasteiger partial charge in [-0.3, -0.25) is 4.79 Å². The largest absolute Gasteiger partial charge is 0.479 e. The molecule has 0 bridgehead atoms. The molecule has 0 aliphatic heterocycles. The number of carboxylic acids is 1. The molecule has 0 saturated heterocycles. The van der Waals surface area contributed by atoms with Crippen LogP contribution < -0.4 is 10.2 Å². The van der Waals surface area contributed by atoms with Crippen molar-refractivity contribution in [1.82, 2.24) is 5.43 Å². The average Bonchev–Trinajstić information content (AvgIpc) is 2.80. The van der Waals surface area contributed by atoms with Crippen molar-refractivity contribution < 1.29 is 24.5 Å². The van der Waals surface area contributed by atoms with Crippen LogP contribution in [0.2, 0.25) is 0 Å². The van der Waals surface area contributed by atoms with Gasteiger partial charge in [-0.25, -0.2) is 10.2 Å². The smallest absolute Gasteiger partial charge is 0.344 e. The number of nitrogens with one attached hydrogen (secondary N) is 1. The highest BCUT2D eigenvalue weighted by Gasteiger charge is 2.39. The van der Waals surface area contributed by atoms with Gasteiger partial charge in [0.2, 0.25) is 0 Å². The van der Waals surface area contributed by atoms with Gasteiger partial charge in [0.05, 0.1) is 6.21 Å². The zero-order valence-corrected chi connectivity index (χ0v) is 16.8. The minimum absolute atomic E-state index is 0.401. The molecule has 7 nitrogen and oxygen atoms in total. The average molecular weight is 418 g/mol. The van der Waals surface area contributed by atoms with E-state index < -0.39 is 23.6 Å². The number of hydrogen-bond acceptors (Lipinski definition) is 5. The van der Waals surface area contributed by atoms with Crippen LogP contribution >= 0.6 is 0 Å². The van der Waals surface area contributed by atoms with Crippen molar-refractivity contribution in [2.75, 3.05) is 0 Å². The fourth-order valence-corrected chi connectivity index (χ4v) is 2.92. The summed E-state index contributed by atoms with van der Waals surface area (Å²) in [7, 11) is 0. The number of carboxylic acid groups (broad SMARTS) is 1. The molecule has 1 atom stereocenters. The summed E-state index contributed by atoms with van der Waals surface area (Å²) < 4.78 is 5.27. The van der Waals surface area contributed by atoms with Gasteiger partial charge >= 0.3 is 5.97 Å². The van der Waals surface area contributed by atoms with Crippen LogP contribution in [0.5, 0.6) is 5.75 Å². The van der Waals surface area contributed by atoms with E-state index in [0.29, 0.717) is 22.4 Å². The normalized spacial score (nSPS) is 12.3. The fraction of sp³-hybridized carbons (Fsp3) is 0.125. The molecular formula is C24H22N2O5. The molecule has 0 radical (unpaired) electrons. The van der Waals surface area contributed by atoms with Crippen molar-refractivity contribution in [2.45, 2.75) is 18.6 Å². The summed E-state index contributed by atoms with van der Waals surface area (Å²) in [5.74, 6) is -1.35. The van der Waals surface area contributed by atoms with Crippen LogP contribution in [0.4, 0.5) is 0 Å². The molecule has 1 amide bonds. The van der Waals surface area contributed by atoms with Crippen LogP contribution in [0.1, 0.15) is 23.6 Å². The Kier molecular flexibility index (Phi) is 6.79. The second-order valence-electron chi connectivity index (χ2n) is 6.81. The molecule has 0 spiro atoms. The van der Waals surface area contributed by atoms with Crippen molar-refractivity contribution in [3.8, 4) is 5.75 Å². The van der Waals surface area contributed by atoms with E-state index in [1.165, 1.54) is 13.1 Å². The molecule has 0 fully saturated rings. The van der Waals surface area contributed by atoms with E-state index in [-0.39, 0.29) is 0 Å². The summed E-state index contributed by atoms with van der Waals surface area (Å²) in [6, 6.07) is 23.8. The lowest BCUT2D eigenvalue weighted by atomic mass is 9.85. The molecule has 7 heteroatoms. The first-order chi connectivity index (χ1) is 14.9. The number of nitrogens with zero attached hydrogens (tertiary/aromatic N) is 1. The molecule has 0 aromatic heterocycles. The van der Waals surface area contributed by atoms with Crippen LogP contribution in [-0.2, 0) is 15.2 Å². The fourth-order valence-electron chi connectivity index (χ4n) is 2.92. The first kappa shape index (κ1) is 21.7. The highest BCUT2D eigenvalue weighted by atomic mass is 16.5. The molecule has 0 heterocycles. The lowest BCUT2D eigenvalue weighted by Crippen LogP contribution is -2.43. The van der Waals surface area contributed by atoms with Crippen molar-refractivity contribution in [2.24, 2.45) is 5.10 Å². The SMILES string of the molecule is C[C@@H](Oc1ccc(/C=N\NC(=O)C(O)(c2ccccc2)c2ccccc2)cc1)C(=O)O. The van der Waals surface area contributed by atoms with E-state index in [1.54, 1.807) is 84.9 Å². The Morgan fingerprint density at radius 1 is 0.935 bits per heavy atom. The number of hydrogen-bond donors (Lipinski definition) is 3. The van der Waals surface area contributed by atoms with Crippen LogP contribution in [0.3, 0.4) is 0 Å². The highest BCUT2D eigenvalue weighted by molar-refractivity contribution is 5.91. The monoisotopic (exact) mass is 418 g/mol. The molecule has 158 valence electrons. The molecule has 0 aliphatic carbocycles. The molecule has 3 rings (SSSR count). The zero-order valence-electron chi connectivity index (χ0n) is 16.8. The summed E-state index contributed by atoms with van der Waals surface area (Å²) in [5, 5.41) is 24.2. The summed E-state index contributed by atoms with van der Waals surface area (Å²) >= 11 is 0. The molecule has 0 unspecified atom stereocenters. The van der Waals surface area contributed by atoms with E-state index >= 15 is 0 Å². The first-order valence-electron chi connectivity index (χ1n) is 9.57. The van der Waals surface area contributed by atoms with Gasteiger partial charge in [0.25, 0.3) is 5.91 Å². The number of amides is 1. The van der Waals surface area contributed by atoms with Crippen molar-refractivity contribution >= 4 is 18.1 Å². The second-order valence-corrected chi connectivity index (χ2v) is 6.81. The number of carbonyl (C=O) groups is 2. The lowest BCUT2D eigenvalue weighted by molar-refractivity contribution is -0.144. The molecule has 0 saturated carbocycles. The number of aliphatic hydroxyl groups is 1. The quantitative estimate of drug-likeness (QED) is 0.385. The predicted molar refractivity (Wildman–Crippen MR) is 116 cm³/mol. The van der Waals surface area contributed by atoms with E-state index in [9.17, 15) is 14.7 Å². The molecule has 3 aromatic carbocycles. The van der Waals surface area contributed by atoms with E-state index in [4.69, 9.17) is 9.84 Å². The number of rotatable bonds is 8. The van der Waals surface area contributed by atoms with Crippen LogP contribution in [0, 0.1) is 0 Å². The summed E-state index contributed by atoms with van der Waals surface area (Å²) in [5.41, 5.74) is 1.98. The number of carbonyl (C=O) groups excluding carboxylic acids is 1. The van der Waals surface area contributed by atoms with E-state index in [2.05, 4.69) is 10.5 Å². The second kappa shape index (κ2) is 9.69. The minimum atomic E-state index is -1.91. The van der Waals surface area contributed by atoms with Crippen LogP contribution in [0.15, 0.2) is 90.0 Å². The van der Waals surface area contributed by atoms with Crippen molar-refractivity contribution in [3.05, 3.63) is 102 Å². The summed E-state index contributed by atoms with van der Waals surface area (Å²) in [6.07, 6.45) is 0.450. The Hall–Kier alpha value is -3.97. The molecule has 31 heavy (non-hydrogen) atoms. The Morgan fingerprint density at radius 3 is 1.94 bits per heavy atom. The predicted octanol–water partition coefficient (Wildman–Crippen LogP) is 2.92. The number of aliphatic carboxylic acids is 1. The number of benzene rings is 3. The van der Waals surface area contributed by atoms with Gasteiger partial charge in [-0.15, -0.1) is 0 Å². The third-order valence-electron chi connectivity index (χ3n) is 4.63. The van der Waals surface area contributed by atoms with Gasteiger partial charge < -0.3 is 14.9 Å². The summed E-state index contributed by atoms with van der Waals surface area (Å²) in [4.78, 5) is 23.8. The van der Waals surface area contributed by atoms with Gasteiger partial charge in [0.1, 0.15) is 5.75 Å². The van der Waals surface area contributed by atoms with E-state index in [0.717, 1.165) is 0 Å². The van der Waals surface area contributed by atoms with Crippen molar-refractivity contribution in [1.29, 1.82) is 0 Å². The topological polar surface area (TPSA) is 108 Å². The third-order valence-corrected chi connectivity index (χ3v) is 4.63. The van der Waals surface area contributed by atoms with Gasteiger partial charge in [0, 0.05) is 0 Å². The molecule has 3 N–H and O–H groups in total. The van der Waals surface area contributed by atoms with Gasteiger partial charge in [-0.1, -0.05) is 60.7 Å². The first-order valence-corrected chi connectivity index (χ1v) is 9.57. The third kappa shape index (κ3) is 5.15. The van der Waals surface area contributed by atoms with Gasteiger partial charge in [-0.2, -0.15) is 5.10 Å². The molecule has 3 aromatic rings. The van der Waals surface area contributed by atoms with Gasteiger partial charge in [0.15, 0.2) is 11.7 Å². The maximum absolute atomic E-state index is 12.9. The number of hydrazone groups is 1.